The summed E-state index contributed by atoms with van der Waals surface area (Å²) in [5.74, 6) is 0.227. The van der Waals surface area contributed by atoms with E-state index < -0.39 is 0 Å². The highest BCUT2D eigenvalue weighted by Gasteiger charge is 2.04. The first-order chi connectivity index (χ1) is 4.79. The largest absolute Gasteiger partial charge is 0.414 e. The van der Waals surface area contributed by atoms with Crippen LogP contribution in [0.3, 0.4) is 0 Å². The Morgan fingerprint density at radius 1 is 1.90 bits per heavy atom. The van der Waals surface area contributed by atoms with Crippen molar-refractivity contribution in [1.82, 2.24) is 9.71 Å². The zero-order valence-electron chi connectivity index (χ0n) is 5.40. The highest BCUT2D eigenvalue weighted by molar-refractivity contribution is 5.43. The van der Waals surface area contributed by atoms with E-state index >= 15 is 0 Å². The first-order valence-electron chi connectivity index (χ1n) is 2.57. The van der Waals surface area contributed by atoms with E-state index in [1.807, 2.05) is 6.07 Å². The summed E-state index contributed by atoms with van der Waals surface area (Å²) in [7, 11) is 1.44. The average Bonchev–Trinajstić information content (AvgIpc) is 2.30. The minimum absolute atomic E-state index is 0.182. The van der Waals surface area contributed by atoms with Crippen LogP contribution in [-0.4, -0.2) is 16.8 Å². The zero-order chi connectivity index (χ0) is 7.56. The van der Waals surface area contributed by atoms with Crippen LogP contribution in [0.15, 0.2) is 6.33 Å². The van der Waals surface area contributed by atoms with Crippen LogP contribution >= 0.6 is 0 Å². The molecule has 5 nitrogen and oxygen atoms in total. The fourth-order valence-electron chi connectivity index (χ4n) is 0.575. The molecular formula is C5H6N4O. The number of aromatic nitrogens is 2. The Bertz CT molecular complexity index is 272. The Labute approximate surface area is 57.6 Å². The quantitative estimate of drug-likeness (QED) is 0.561. The molecule has 0 aliphatic heterocycles. The fraction of sp³-hybridized carbons (Fsp3) is 0.200. The van der Waals surface area contributed by atoms with Gasteiger partial charge in [0.05, 0.1) is 0 Å². The molecule has 0 spiro atoms. The van der Waals surface area contributed by atoms with Gasteiger partial charge >= 0.3 is 0 Å². The first-order valence-corrected chi connectivity index (χ1v) is 2.57. The van der Waals surface area contributed by atoms with E-state index in [4.69, 9.17) is 15.8 Å². The molecule has 0 atom stereocenters. The Morgan fingerprint density at radius 3 is 2.90 bits per heavy atom. The van der Waals surface area contributed by atoms with E-state index in [1.54, 1.807) is 0 Å². The molecule has 0 radical (unpaired) electrons. The van der Waals surface area contributed by atoms with Gasteiger partial charge in [-0.1, -0.05) is 0 Å². The van der Waals surface area contributed by atoms with Gasteiger partial charge in [-0.05, 0) is 0 Å². The number of hydrogen-bond donors (Lipinski definition) is 1. The number of anilines is 1. The molecule has 1 heterocycles. The van der Waals surface area contributed by atoms with Gasteiger partial charge in [0.25, 0.3) is 0 Å². The van der Waals surface area contributed by atoms with Crippen LogP contribution in [0.5, 0.6) is 0 Å². The molecule has 0 fully saturated rings. The summed E-state index contributed by atoms with van der Waals surface area (Å²) < 4.78 is 1.22. The predicted molar refractivity (Wildman–Crippen MR) is 33.9 cm³/mol. The summed E-state index contributed by atoms with van der Waals surface area (Å²) in [6.07, 6.45) is 1.34. The van der Waals surface area contributed by atoms with Crippen LogP contribution in [0.25, 0.3) is 0 Å². The van der Waals surface area contributed by atoms with Crippen molar-refractivity contribution >= 4 is 5.82 Å². The lowest BCUT2D eigenvalue weighted by molar-refractivity contribution is 0.172. The second-order valence-electron chi connectivity index (χ2n) is 1.60. The monoisotopic (exact) mass is 138 g/mol. The van der Waals surface area contributed by atoms with E-state index in [1.165, 1.54) is 18.2 Å². The van der Waals surface area contributed by atoms with Crippen LogP contribution in [0.1, 0.15) is 5.69 Å². The molecule has 0 aromatic carbocycles. The van der Waals surface area contributed by atoms with Crippen molar-refractivity contribution in [2.75, 3.05) is 12.8 Å². The summed E-state index contributed by atoms with van der Waals surface area (Å²) in [5.41, 5.74) is 5.56. The molecule has 0 unspecified atom stereocenters. The lowest BCUT2D eigenvalue weighted by Crippen LogP contribution is -2.07. The molecule has 0 saturated heterocycles. The maximum atomic E-state index is 8.37. The van der Waals surface area contributed by atoms with Crippen molar-refractivity contribution < 1.29 is 4.84 Å². The zero-order valence-corrected chi connectivity index (χ0v) is 5.40. The molecule has 0 aliphatic rings. The second-order valence-corrected chi connectivity index (χ2v) is 1.60. The van der Waals surface area contributed by atoms with Gasteiger partial charge in [0.15, 0.2) is 11.5 Å². The smallest absolute Gasteiger partial charge is 0.185 e. The third-order valence-corrected chi connectivity index (χ3v) is 1.07. The highest BCUT2D eigenvalue weighted by Crippen LogP contribution is 2.04. The fourth-order valence-corrected chi connectivity index (χ4v) is 0.575. The van der Waals surface area contributed by atoms with Crippen molar-refractivity contribution in [3.63, 3.8) is 0 Å². The van der Waals surface area contributed by atoms with E-state index in [2.05, 4.69) is 4.98 Å². The van der Waals surface area contributed by atoms with Gasteiger partial charge in [-0.15, -0.1) is 0 Å². The molecule has 1 aromatic heterocycles. The molecule has 0 aliphatic carbocycles. The number of imidazole rings is 1. The maximum Gasteiger partial charge on any atom is 0.185 e. The molecule has 10 heavy (non-hydrogen) atoms. The van der Waals surface area contributed by atoms with E-state index in [-0.39, 0.29) is 11.5 Å². The summed E-state index contributed by atoms with van der Waals surface area (Å²) in [6, 6.07) is 1.81. The molecule has 0 amide bonds. The first kappa shape index (κ1) is 6.42. The van der Waals surface area contributed by atoms with E-state index in [9.17, 15) is 0 Å². The van der Waals surface area contributed by atoms with Crippen molar-refractivity contribution in [3.8, 4) is 6.07 Å². The van der Waals surface area contributed by atoms with Crippen molar-refractivity contribution in [1.29, 1.82) is 5.26 Å². The third kappa shape index (κ3) is 0.756. The lowest BCUT2D eigenvalue weighted by Gasteiger charge is -1.98. The van der Waals surface area contributed by atoms with Crippen LogP contribution in [0.2, 0.25) is 0 Å². The highest BCUT2D eigenvalue weighted by atomic mass is 16.6. The molecule has 52 valence electrons. The number of nitrogen functional groups attached to an aromatic ring is 1. The molecule has 2 N–H and O–H groups in total. The van der Waals surface area contributed by atoms with Crippen LogP contribution in [0, 0.1) is 11.3 Å². The van der Waals surface area contributed by atoms with Crippen LogP contribution in [-0.2, 0) is 0 Å². The number of nitrogens with zero attached hydrogens (tertiary/aromatic N) is 3. The van der Waals surface area contributed by atoms with Crippen molar-refractivity contribution in [2.45, 2.75) is 0 Å². The van der Waals surface area contributed by atoms with E-state index in [0.29, 0.717) is 0 Å². The molecule has 1 rings (SSSR count). The summed E-state index contributed by atoms with van der Waals surface area (Å²) >= 11 is 0. The van der Waals surface area contributed by atoms with Gasteiger partial charge in [0.2, 0.25) is 0 Å². The second kappa shape index (κ2) is 2.27. The van der Waals surface area contributed by atoms with Gasteiger partial charge < -0.3 is 10.6 Å². The average molecular weight is 138 g/mol. The lowest BCUT2D eigenvalue weighted by atomic mass is 10.5. The number of nitrogens with two attached hydrogens (primary N) is 1. The van der Waals surface area contributed by atoms with Gasteiger partial charge in [-0.2, -0.15) is 9.99 Å². The summed E-state index contributed by atoms with van der Waals surface area (Å²) in [4.78, 5) is 8.36. The predicted octanol–water partition coefficient (Wildman–Crippen LogP) is -0.605. The topological polar surface area (TPSA) is 76.9 Å². The number of hydrogen-bond acceptors (Lipinski definition) is 4. The SMILES string of the molecule is COn1cnc(C#N)c1N. The minimum Gasteiger partial charge on any atom is -0.414 e. The van der Waals surface area contributed by atoms with Gasteiger partial charge in [0, 0.05) is 0 Å². The molecule has 0 saturated carbocycles. The third-order valence-electron chi connectivity index (χ3n) is 1.07. The molecule has 0 bridgehead atoms. The minimum atomic E-state index is 0.182. The normalized spacial score (nSPS) is 8.80. The van der Waals surface area contributed by atoms with Crippen molar-refractivity contribution in [2.24, 2.45) is 0 Å². The Kier molecular flexibility index (Phi) is 1.46. The number of rotatable bonds is 1. The summed E-state index contributed by atoms with van der Waals surface area (Å²) in [6.45, 7) is 0. The van der Waals surface area contributed by atoms with Gasteiger partial charge in [0.1, 0.15) is 19.5 Å². The van der Waals surface area contributed by atoms with Gasteiger partial charge in [-0.3, -0.25) is 0 Å². The Balaban J connectivity index is 3.12. The standard InChI is InChI=1S/C5H6N4O/c1-10-9-3-8-4(2-6)5(9)7/h3H,7H2,1H3. The maximum absolute atomic E-state index is 8.37. The van der Waals surface area contributed by atoms with Crippen LogP contribution in [0.4, 0.5) is 5.82 Å². The Hall–Kier alpha value is -1.70. The van der Waals surface area contributed by atoms with Gasteiger partial charge in [-0.25, -0.2) is 4.98 Å². The van der Waals surface area contributed by atoms with Crippen LogP contribution < -0.4 is 10.6 Å². The molecular weight excluding hydrogens is 132 g/mol. The van der Waals surface area contributed by atoms with E-state index in [0.717, 1.165) is 0 Å². The molecule has 5 heteroatoms. The molecule has 1 aromatic rings. The number of nitriles is 1. The summed E-state index contributed by atoms with van der Waals surface area (Å²) in [5, 5.41) is 8.37. The van der Waals surface area contributed by atoms with Crippen molar-refractivity contribution in [3.05, 3.63) is 12.0 Å². The Morgan fingerprint density at radius 2 is 2.60 bits per heavy atom.